The van der Waals surface area contributed by atoms with E-state index in [0.717, 1.165) is 5.69 Å². The SMILES string of the molecule is Cc1cc(C(C)(CN)CNC(=O)OC(C)(C)C)nc(Cl)n1. The van der Waals surface area contributed by atoms with Crippen LogP contribution in [0.2, 0.25) is 5.28 Å². The predicted molar refractivity (Wildman–Crippen MR) is 82.4 cm³/mol. The van der Waals surface area contributed by atoms with Crippen molar-refractivity contribution in [2.45, 2.75) is 45.6 Å². The lowest BCUT2D eigenvalue weighted by Gasteiger charge is -2.28. The van der Waals surface area contributed by atoms with Crippen LogP contribution in [0.3, 0.4) is 0 Å². The van der Waals surface area contributed by atoms with Gasteiger partial charge in [0.25, 0.3) is 0 Å². The summed E-state index contributed by atoms with van der Waals surface area (Å²) in [5.74, 6) is 0. The maximum atomic E-state index is 11.8. The maximum Gasteiger partial charge on any atom is 0.407 e. The maximum absolute atomic E-state index is 11.8. The molecule has 118 valence electrons. The van der Waals surface area contributed by atoms with Gasteiger partial charge in [-0.05, 0) is 45.4 Å². The quantitative estimate of drug-likeness (QED) is 0.831. The fraction of sp³-hybridized carbons (Fsp3) is 0.643. The van der Waals surface area contributed by atoms with E-state index in [2.05, 4.69) is 15.3 Å². The average Bonchev–Trinajstić information content (AvgIpc) is 2.32. The van der Waals surface area contributed by atoms with E-state index in [1.807, 2.05) is 40.7 Å². The molecule has 0 saturated carbocycles. The first-order valence-electron chi connectivity index (χ1n) is 6.74. The van der Waals surface area contributed by atoms with E-state index in [4.69, 9.17) is 22.1 Å². The third kappa shape index (κ3) is 5.47. The highest BCUT2D eigenvalue weighted by Gasteiger charge is 2.29. The smallest absolute Gasteiger partial charge is 0.407 e. The molecule has 0 radical (unpaired) electrons. The summed E-state index contributed by atoms with van der Waals surface area (Å²) in [5.41, 5.74) is 6.21. The Morgan fingerprint density at radius 3 is 2.48 bits per heavy atom. The predicted octanol–water partition coefficient (Wildman–Crippen LogP) is 2.18. The van der Waals surface area contributed by atoms with Gasteiger partial charge in [0.15, 0.2) is 0 Å². The lowest BCUT2D eigenvalue weighted by atomic mass is 9.86. The van der Waals surface area contributed by atoms with Gasteiger partial charge >= 0.3 is 6.09 Å². The summed E-state index contributed by atoms with van der Waals surface area (Å²) < 4.78 is 5.21. The largest absolute Gasteiger partial charge is 0.444 e. The van der Waals surface area contributed by atoms with Crippen LogP contribution in [0, 0.1) is 6.92 Å². The van der Waals surface area contributed by atoms with Crippen LogP contribution in [-0.4, -0.2) is 34.8 Å². The van der Waals surface area contributed by atoms with Crippen molar-refractivity contribution in [3.8, 4) is 0 Å². The number of hydrogen-bond acceptors (Lipinski definition) is 5. The van der Waals surface area contributed by atoms with Gasteiger partial charge in [-0.1, -0.05) is 6.92 Å². The van der Waals surface area contributed by atoms with Gasteiger partial charge in [-0.3, -0.25) is 0 Å². The number of nitrogens with two attached hydrogens (primary N) is 1. The molecule has 0 aliphatic heterocycles. The summed E-state index contributed by atoms with van der Waals surface area (Å²) in [6.07, 6.45) is -0.487. The Kier molecular flexibility index (Phi) is 5.53. The molecular weight excluding hydrogens is 292 g/mol. The monoisotopic (exact) mass is 314 g/mol. The molecule has 1 rings (SSSR count). The molecule has 7 heteroatoms. The van der Waals surface area contributed by atoms with Crippen molar-refractivity contribution in [2.75, 3.05) is 13.1 Å². The van der Waals surface area contributed by atoms with E-state index in [1.165, 1.54) is 0 Å². The summed E-state index contributed by atoms with van der Waals surface area (Å²) in [6.45, 7) is 9.76. The molecule has 6 nitrogen and oxygen atoms in total. The van der Waals surface area contributed by atoms with Crippen molar-refractivity contribution in [2.24, 2.45) is 5.73 Å². The molecule has 21 heavy (non-hydrogen) atoms. The summed E-state index contributed by atoms with van der Waals surface area (Å²) in [5, 5.41) is 2.89. The molecule has 1 aromatic heterocycles. The van der Waals surface area contributed by atoms with Gasteiger partial charge in [0.2, 0.25) is 5.28 Å². The van der Waals surface area contributed by atoms with E-state index < -0.39 is 17.1 Å². The lowest BCUT2D eigenvalue weighted by molar-refractivity contribution is 0.0516. The molecule has 0 aliphatic rings. The number of carbonyl (C=O) groups is 1. The third-order valence-corrected chi connectivity index (χ3v) is 3.09. The number of aromatic nitrogens is 2. The van der Waals surface area contributed by atoms with Crippen molar-refractivity contribution in [3.63, 3.8) is 0 Å². The van der Waals surface area contributed by atoms with E-state index >= 15 is 0 Å². The second kappa shape index (κ2) is 6.58. The molecule has 0 saturated heterocycles. The average molecular weight is 315 g/mol. The number of ether oxygens (including phenoxy) is 1. The van der Waals surface area contributed by atoms with Crippen LogP contribution < -0.4 is 11.1 Å². The highest BCUT2D eigenvalue weighted by Crippen LogP contribution is 2.22. The minimum Gasteiger partial charge on any atom is -0.444 e. The van der Waals surface area contributed by atoms with E-state index in [9.17, 15) is 4.79 Å². The van der Waals surface area contributed by atoms with E-state index in [-0.39, 0.29) is 5.28 Å². The fourth-order valence-corrected chi connectivity index (χ4v) is 1.91. The number of nitrogens with one attached hydrogen (secondary N) is 1. The van der Waals surface area contributed by atoms with Crippen LogP contribution >= 0.6 is 11.6 Å². The van der Waals surface area contributed by atoms with Gasteiger partial charge in [0, 0.05) is 24.2 Å². The number of rotatable bonds is 4. The van der Waals surface area contributed by atoms with Crippen molar-refractivity contribution in [1.29, 1.82) is 0 Å². The number of hydrogen-bond donors (Lipinski definition) is 2. The third-order valence-electron chi connectivity index (χ3n) is 2.92. The van der Waals surface area contributed by atoms with Crippen molar-refractivity contribution >= 4 is 17.7 Å². The molecule has 3 N–H and O–H groups in total. The van der Waals surface area contributed by atoms with E-state index in [1.54, 1.807) is 0 Å². The molecule has 1 aromatic rings. The molecule has 1 atom stereocenters. The van der Waals surface area contributed by atoms with E-state index in [0.29, 0.717) is 18.8 Å². The van der Waals surface area contributed by atoms with Gasteiger partial charge in [-0.2, -0.15) is 0 Å². The molecule has 0 bridgehead atoms. The summed E-state index contributed by atoms with van der Waals surface area (Å²) in [7, 11) is 0. The molecule has 1 heterocycles. The van der Waals surface area contributed by atoms with Crippen LogP contribution in [0.4, 0.5) is 4.79 Å². The number of amides is 1. The summed E-state index contributed by atoms with van der Waals surface area (Å²) in [4.78, 5) is 20.0. The molecule has 0 aliphatic carbocycles. The minimum atomic E-state index is -0.547. The molecule has 0 fully saturated rings. The second-order valence-electron chi connectivity index (χ2n) is 6.28. The Bertz CT molecular complexity index is 496. The normalized spacial score (nSPS) is 14.4. The highest BCUT2D eigenvalue weighted by atomic mass is 35.5. The zero-order valence-corrected chi connectivity index (χ0v) is 13.9. The Morgan fingerprint density at radius 2 is 2.00 bits per heavy atom. The van der Waals surface area contributed by atoms with Crippen LogP contribution in [-0.2, 0) is 10.2 Å². The Labute approximate surface area is 130 Å². The molecule has 1 amide bonds. The lowest BCUT2D eigenvalue weighted by Crippen LogP contribution is -2.45. The number of carbonyl (C=O) groups excluding carboxylic acids is 1. The first kappa shape index (κ1) is 17.7. The second-order valence-corrected chi connectivity index (χ2v) is 6.62. The Morgan fingerprint density at radius 1 is 1.38 bits per heavy atom. The van der Waals surface area contributed by atoms with Gasteiger partial charge in [-0.25, -0.2) is 14.8 Å². The van der Waals surface area contributed by atoms with Gasteiger partial charge in [0.05, 0.1) is 5.69 Å². The zero-order chi connectivity index (χ0) is 16.3. The van der Waals surface area contributed by atoms with Crippen LogP contribution in [0.1, 0.15) is 39.1 Å². The molecular formula is C14H23ClN4O2. The first-order chi connectivity index (χ1) is 9.55. The topological polar surface area (TPSA) is 90.1 Å². The van der Waals surface area contributed by atoms with Gasteiger partial charge in [0.1, 0.15) is 5.60 Å². The Balaban J connectivity index is 2.83. The summed E-state index contributed by atoms with van der Waals surface area (Å²) in [6, 6.07) is 1.81. The van der Waals surface area contributed by atoms with Crippen molar-refractivity contribution < 1.29 is 9.53 Å². The Hall–Kier alpha value is -1.40. The van der Waals surface area contributed by atoms with Crippen LogP contribution in [0.15, 0.2) is 6.07 Å². The van der Waals surface area contributed by atoms with Crippen molar-refractivity contribution in [1.82, 2.24) is 15.3 Å². The van der Waals surface area contributed by atoms with Crippen molar-refractivity contribution in [3.05, 3.63) is 22.7 Å². The fourth-order valence-electron chi connectivity index (χ4n) is 1.69. The number of aryl methyl sites for hydroxylation is 1. The summed E-state index contributed by atoms with van der Waals surface area (Å²) >= 11 is 5.89. The highest BCUT2D eigenvalue weighted by molar-refractivity contribution is 6.28. The van der Waals surface area contributed by atoms with Crippen LogP contribution in [0.25, 0.3) is 0 Å². The molecule has 0 aromatic carbocycles. The number of nitrogens with zero attached hydrogens (tertiary/aromatic N) is 2. The standard InChI is InChI=1S/C14H23ClN4O2/c1-9-6-10(19-11(15)18-9)14(5,7-16)8-17-12(20)21-13(2,3)4/h6H,7-8,16H2,1-5H3,(H,17,20). The van der Waals surface area contributed by atoms with Crippen LogP contribution in [0.5, 0.6) is 0 Å². The van der Waals surface area contributed by atoms with Gasteiger partial charge < -0.3 is 15.8 Å². The minimum absolute atomic E-state index is 0.168. The first-order valence-corrected chi connectivity index (χ1v) is 7.12. The van der Waals surface area contributed by atoms with Gasteiger partial charge in [-0.15, -0.1) is 0 Å². The molecule has 1 unspecified atom stereocenters. The molecule has 0 spiro atoms. The zero-order valence-electron chi connectivity index (χ0n) is 13.2. The number of alkyl carbamates (subject to hydrolysis) is 1. The number of halogens is 1.